The van der Waals surface area contributed by atoms with Gasteiger partial charge in [-0.1, -0.05) is 6.07 Å². The van der Waals surface area contributed by atoms with Crippen LogP contribution in [0.3, 0.4) is 0 Å². The molecule has 2 aromatic rings. The van der Waals surface area contributed by atoms with Crippen molar-refractivity contribution in [2.45, 2.75) is 13.1 Å². The first-order valence-electron chi connectivity index (χ1n) is 5.51. The van der Waals surface area contributed by atoms with E-state index in [-0.39, 0.29) is 5.82 Å². The van der Waals surface area contributed by atoms with E-state index in [0.29, 0.717) is 24.7 Å². The molecule has 0 fully saturated rings. The number of nitrogens with zero attached hydrogens (tertiary/aromatic N) is 4. The van der Waals surface area contributed by atoms with Gasteiger partial charge in [0.1, 0.15) is 17.6 Å². The normalized spacial score (nSPS) is 13.2. The van der Waals surface area contributed by atoms with Crippen LogP contribution in [0.5, 0.6) is 0 Å². The van der Waals surface area contributed by atoms with Crippen LogP contribution in [0.1, 0.15) is 16.8 Å². The number of benzene rings is 1. The number of anilines is 1. The number of hydrogen-bond donors (Lipinski definition) is 0. The van der Waals surface area contributed by atoms with E-state index < -0.39 is 0 Å². The number of hydrogen-bond acceptors (Lipinski definition) is 4. The average molecular weight is 240 g/mol. The Hall–Kier alpha value is -2.48. The molecule has 0 amide bonds. The molecule has 18 heavy (non-hydrogen) atoms. The molecule has 0 saturated heterocycles. The number of halogens is 1. The van der Waals surface area contributed by atoms with Gasteiger partial charge in [0.25, 0.3) is 0 Å². The molecule has 0 atom stereocenters. The van der Waals surface area contributed by atoms with E-state index in [1.54, 1.807) is 18.3 Å². The first kappa shape index (κ1) is 10.7. The number of nitriles is 1. The Balaban J connectivity index is 1.91. The molecule has 0 unspecified atom stereocenters. The van der Waals surface area contributed by atoms with E-state index in [4.69, 9.17) is 5.26 Å². The van der Waals surface area contributed by atoms with Gasteiger partial charge in [0, 0.05) is 19.3 Å². The SMILES string of the molecule is N#Cc1ccnc(N2Cc3ccc(F)cc3C2)n1. The molecule has 1 aromatic heterocycles. The standard InChI is InChI=1S/C13H9FN4/c14-11-2-1-9-7-18(8-10(9)5-11)13-16-4-3-12(6-15)17-13/h1-5H,7-8H2. The number of aromatic nitrogens is 2. The molecule has 0 aliphatic carbocycles. The Morgan fingerprint density at radius 1 is 1.22 bits per heavy atom. The van der Waals surface area contributed by atoms with E-state index in [1.807, 2.05) is 11.0 Å². The fourth-order valence-electron chi connectivity index (χ4n) is 2.07. The van der Waals surface area contributed by atoms with Crippen LogP contribution in [0, 0.1) is 17.1 Å². The van der Waals surface area contributed by atoms with Crippen LogP contribution >= 0.6 is 0 Å². The Morgan fingerprint density at radius 3 is 2.89 bits per heavy atom. The summed E-state index contributed by atoms with van der Waals surface area (Å²) in [5.74, 6) is 0.271. The zero-order valence-electron chi connectivity index (χ0n) is 9.47. The summed E-state index contributed by atoms with van der Waals surface area (Å²) in [6, 6.07) is 8.31. The zero-order valence-corrected chi connectivity index (χ0v) is 9.47. The lowest BCUT2D eigenvalue weighted by Gasteiger charge is -2.14. The van der Waals surface area contributed by atoms with Gasteiger partial charge < -0.3 is 4.90 Å². The summed E-state index contributed by atoms with van der Waals surface area (Å²) in [7, 11) is 0. The van der Waals surface area contributed by atoms with Crippen LogP contribution < -0.4 is 4.90 Å². The van der Waals surface area contributed by atoms with Crippen LogP contribution in [0.25, 0.3) is 0 Å². The minimum Gasteiger partial charge on any atom is -0.332 e. The second-order valence-electron chi connectivity index (χ2n) is 4.12. The number of rotatable bonds is 1. The fourth-order valence-corrected chi connectivity index (χ4v) is 2.07. The molecule has 3 rings (SSSR count). The molecule has 88 valence electrons. The van der Waals surface area contributed by atoms with Crippen molar-refractivity contribution in [3.05, 3.63) is 53.1 Å². The highest BCUT2D eigenvalue weighted by atomic mass is 19.1. The van der Waals surface area contributed by atoms with E-state index in [2.05, 4.69) is 9.97 Å². The van der Waals surface area contributed by atoms with Gasteiger partial charge in [0.2, 0.25) is 5.95 Å². The van der Waals surface area contributed by atoms with Crippen LogP contribution in [-0.2, 0) is 13.1 Å². The topological polar surface area (TPSA) is 52.8 Å². The quantitative estimate of drug-likeness (QED) is 0.765. The first-order chi connectivity index (χ1) is 8.76. The van der Waals surface area contributed by atoms with Crippen LogP contribution in [-0.4, -0.2) is 9.97 Å². The van der Waals surface area contributed by atoms with Gasteiger partial charge in [-0.15, -0.1) is 0 Å². The van der Waals surface area contributed by atoms with Crippen LogP contribution in [0.15, 0.2) is 30.5 Å². The molecule has 1 aliphatic rings. The summed E-state index contributed by atoms with van der Waals surface area (Å²) in [6.45, 7) is 1.21. The molecule has 0 saturated carbocycles. The Labute approximate surface area is 103 Å². The summed E-state index contributed by atoms with van der Waals surface area (Å²) >= 11 is 0. The monoisotopic (exact) mass is 240 g/mol. The third kappa shape index (κ3) is 1.78. The molecule has 0 N–H and O–H groups in total. The summed E-state index contributed by atoms with van der Waals surface area (Å²) < 4.78 is 13.1. The molecule has 0 bridgehead atoms. The smallest absolute Gasteiger partial charge is 0.227 e. The minimum atomic E-state index is -0.234. The van der Waals surface area contributed by atoms with Crippen molar-refractivity contribution in [2.24, 2.45) is 0 Å². The molecule has 0 radical (unpaired) electrons. The van der Waals surface area contributed by atoms with E-state index >= 15 is 0 Å². The molecule has 0 spiro atoms. The second-order valence-corrected chi connectivity index (χ2v) is 4.12. The maximum absolute atomic E-state index is 13.1. The lowest BCUT2D eigenvalue weighted by atomic mass is 10.1. The molecule has 1 aromatic carbocycles. The van der Waals surface area contributed by atoms with Gasteiger partial charge in [0.15, 0.2) is 0 Å². The summed E-state index contributed by atoms with van der Waals surface area (Å²) in [5, 5.41) is 8.81. The van der Waals surface area contributed by atoms with Crippen LogP contribution in [0.4, 0.5) is 10.3 Å². The third-order valence-electron chi connectivity index (χ3n) is 2.93. The Bertz CT molecular complexity index is 648. The van der Waals surface area contributed by atoms with E-state index in [1.165, 1.54) is 12.1 Å². The average Bonchev–Trinajstić information content (AvgIpc) is 2.81. The molecular weight excluding hydrogens is 231 g/mol. The molecule has 4 nitrogen and oxygen atoms in total. The van der Waals surface area contributed by atoms with Crippen molar-refractivity contribution in [3.8, 4) is 6.07 Å². The summed E-state index contributed by atoms with van der Waals surface area (Å²) in [5.41, 5.74) is 2.35. The second kappa shape index (κ2) is 4.08. The maximum atomic E-state index is 13.1. The fraction of sp³-hybridized carbons (Fsp3) is 0.154. The van der Waals surface area contributed by atoms with Crippen molar-refractivity contribution in [3.63, 3.8) is 0 Å². The largest absolute Gasteiger partial charge is 0.332 e. The van der Waals surface area contributed by atoms with Crippen molar-refractivity contribution in [1.29, 1.82) is 5.26 Å². The van der Waals surface area contributed by atoms with Gasteiger partial charge in [0.05, 0.1) is 0 Å². The minimum absolute atomic E-state index is 0.234. The van der Waals surface area contributed by atoms with E-state index in [9.17, 15) is 4.39 Å². The Morgan fingerprint density at radius 2 is 2.06 bits per heavy atom. The zero-order chi connectivity index (χ0) is 12.5. The predicted octanol–water partition coefficient (Wildman–Crippen LogP) is 2.01. The highest BCUT2D eigenvalue weighted by Gasteiger charge is 2.21. The van der Waals surface area contributed by atoms with Gasteiger partial charge in [-0.25, -0.2) is 14.4 Å². The molecular formula is C13H9FN4. The Kier molecular flexibility index (Phi) is 2.41. The molecule has 2 heterocycles. The van der Waals surface area contributed by atoms with Gasteiger partial charge in [-0.05, 0) is 29.3 Å². The predicted molar refractivity (Wildman–Crippen MR) is 63.0 cm³/mol. The number of fused-ring (bicyclic) bond motifs is 1. The summed E-state index contributed by atoms with van der Waals surface area (Å²) in [4.78, 5) is 10.2. The highest BCUT2D eigenvalue weighted by Crippen LogP contribution is 2.26. The highest BCUT2D eigenvalue weighted by molar-refractivity contribution is 5.44. The summed E-state index contributed by atoms with van der Waals surface area (Å²) in [6.07, 6.45) is 1.56. The van der Waals surface area contributed by atoms with Gasteiger partial charge in [-0.2, -0.15) is 5.26 Å². The van der Waals surface area contributed by atoms with Crippen molar-refractivity contribution < 1.29 is 4.39 Å². The molecule has 5 heteroatoms. The van der Waals surface area contributed by atoms with Crippen LogP contribution in [0.2, 0.25) is 0 Å². The maximum Gasteiger partial charge on any atom is 0.227 e. The van der Waals surface area contributed by atoms with Crippen molar-refractivity contribution in [1.82, 2.24) is 9.97 Å². The third-order valence-corrected chi connectivity index (χ3v) is 2.93. The first-order valence-corrected chi connectivity index (χ1v) is 5.51. The lowest BCUT2D eigenvalue weighted by molar-refractivity contribution is 0.626. The van der Waals surface area contributed by atoms with Gasteiger partial charge >= 0.3 is 0 Å². The lowest BCUT2D eigenvalue weighted by Crippen LogP contribution is -2.17. The van der Waals surface area contributed by atoms with Gasteiger partial charge in [-0.3, -0.25) is 0 Å². The van der Waals surface area contributed by atoms with E-state index in [0.717, 1.165) is 11.1 Å². The van der Waals surface area contributed by atoms with Crippen molar-refractivity contribution in [2.75, 3.05) is 4.90 Å². The molecule has 1 aliphatic heterocycles. The van der Waals surface area contributed by atoms with Crippen molar-refractivity contribution >= 4 is 5.95 Å².